The van der Waals surface area contributed by atoms with Gasteiger partial charge in [-0.1, -0.05) is 24.6 Å². The summed E-state index contributed by atoms with van der Waals surface area (Å²) in [6, 6.07) is 6.83. The molecule has 0 bridgehead atoms. The molecule has 1 aliphatic heterocycles. The standard InChI is InChI=1S/C18H15ClN2O5/c1-2-7-21-16(22)14(20-18(21)25)9-11-4-6-15(26-11)12-8-10(17(23)24)3-5-13(12)19/h3-6,8-9H,2,7H2,1H3,(H,20,25)(H,23,24)/p-1/b14-9+. The highest BCUT2D eigenvalue weighted by atomic mass is 35.5. The van der Waals surface area contributed by atoms with Crippen LogP contribution in [0.2, 0.25) is 5.02 Å². The molecule has 0 radical (unpaired) electrons. The number of nitrogens with zero attached hydrogens (tertiary/aromatic N) is 1. The Morgan fingerprint density at radius 2 is 2.08 bits per heavy atom. The lowest BCUT2D eigenvalue weighted by Gasteiger charge is -2.08. The minimum absolute atomic E-state index is 0.0332. The van der Waals surface area contributed by atoms with E-state index in [1.54, 1.807) is 12.1 Å². The van der Waals surface area contributed by atoms with Gasteiger partial charge in [0, 0.05) is 18.2 Å². The number of furan rings is 1. The van der Waals surface area contributed by atoms with Crippen molar-refractivity contribution in [3.8, 4) is 11.3 Å². The summed E-state index contributed by atoms with van der Waals surface area (Å²) in [5.74, 6) is -1.11. The fraction of sp³-hybridized carbons (Fsp3) is 0.167. The van der Waals surface area contributed by atoms with Crippen LogP contribution in [0.3, 0.4) is 0 Å². The molecule has 8 heteroatoms. The average molecular weight is 374 g/mol. The zero-order chi connectivity index (χ0) is 18.8. The maximum absolute atomic E-state index is 12.2. The summed E-state index contributed by atoms with van der Waals surface area (Å²) >= 11 is 6.10. The molecule has 2 heterocycles. The Bertz CT molecular complexity index is 931. The van der Waals surface area contributed by atoms with Gasteiger partial charge < -0.3 is 19.6 Å². The molecular formula is C18H14ClN2O5-. The number of carbonyl (C=O) groups is 3. The molecule has 0 aliphatic carbocycles. The van der Waals surface area contributed by atoms with E-state index in [1.807, 2.05) is 6.92 Å². The summed E-state index contributed by atoms with van der Waals surface area (Å²) < 4.78 is 5.63. The lowest BCUT2D eigenvalue weighted by Crippen LogP contribution is -2.31. The van der Waals surface area contributed by atoms with Crippen LogP contribution in [-0.4, -0.2) is 29.4 Å². The van der Waals surface area contributed by atoms with Crippen LogP contribution in [0.5, 0.6) is 0 Å². The van der Waals surface area contributed by atoms with E-state index in [0.29, 0.717) is 35.1 Å². The molecule has 26 heavy (non-hydrogen) atoms. The highest BCUT2D eigenvalue weighted by molar-refractivity contribution is 6.33. The van der Waals surface area contributed by atoms with E-state index in [2.05, 4.69) is 5.32 Å². The predicted molar refractivity (Wildman–Crippen MR) is 92.0 cm³/mol. The van der Waals surface area contributed by atoms with Crippen molar-refractivity contribution in [2.45, 2.75) is 13.3 Å². The van der Waals surface area contributed by atoms with Crippen LogP contribution in [0.4, 0.5) is 4.79 Å². The first-order valence-corrected chi connectivity index (χ1v) is 8.24. The average Bonchev–Trinajstić information content (AvgIpc) is 3.16. The Morgan fingerprint density at radius 3 is 2.77 bits per heavy atom. The molecular weight excluding hydrogens is 360 g/mol. The van der Waals surface area contributed by atoms with Crippen LogP contribution in [0.25, 0.3) is 17.4 Å². The van der Waals surface area contributed by atoms with Gasteiger partial charge in [-0.25, -0.2) is 4.79 Å². The third kappa shape index (κ3) is 3.34. The molecule has 134 valence electrons. The minimum Gasteiger partial charge on any atom is -0.545 e. The molecule has 1 aromatic heterocycles. The normalized spacial score (nSPS) is 15.6. The van der Waals surface area contributed by atoms with Gasteiger partial charge in [0.05, 0.1) is 11.0 Å². The number of carboxylic acid groups (broad SMARTS) is 1. The van der Waals surface area contributed by atoms with Crippen LogP contribution in [0.1, 0.15) is 29.5 Å². The van der Waals surface area contributed by atoms with E-state index in [-0.39, 0.29) is 11.3 Å². The molecule has 1 fully saturated rings. The van der Waals surface area contributed by atoms with Crippen molar-refractivity contribution in [3.63, 3.8) is 0 Å². The summed E-state index contributed by atoms with van der Waals surface area (Å²) in [4.78, 5) is 36.1. The minimum atomic E-state index is -1.33. The Morgan fingerprint density at radius 1 is 1.31 bits per heavy atom. The monoisotopic (exact) mass is 373 g/mol. The van der Waals surface area contributed by atoms with Gasteiger partial charge in [0.25, 0.3) is 5.91 Å². The van der Waals surface area contributed by atoms with E-state index in [0.717, 1.165) is 4.90 Å². The Kier molecular flexibility index (Phi) is 4.81. The van der Waals surface area contributed by atoms with E-state index >= 15 is 0 Å². The van der Waals surface area contributed by atoms with Crippen molar-refractivity contribution in [2.24, 2.45) is 0 Å². The fourth-order valence-electron chi connectivity index (χ4n) is 2.56. The maximum Gasteiger partial charge on any atom is 0.329 e. The van der Waals surface area contributed by atoms with Crippen LogP contribution >= 0.6 is 11.6 Å². The van der Waals surface area contributed by atoms with Crippen molar-refractivity contribution < 1.29 is 23.9 Å². The van der Waals surface area contributed by atoms with Crippen LogP contribution in [-0.2, 0) is 4.79 Å². The third-order valence-corrected chi connectivity index (χ3v) is 4.12. The van der Waals surface area contributed by atoms with E-state index in [4.69, 9.17) is 16.0 Å². The highest BCUT2D eigenvalue weighted by Crippen LogP contribution is 2.31. The van der Waals surface area contributed by atoms with E-state index < -0.39 is 17.9 Å². The van der Waals surface area contributed by atoms with Gasteiger partial charge in [-0.05, 0) is 36.2 Å². The SMILES string of the molecule is CCCN1C(=O)N/C(=C/c2ccc(-c3cc(C(=O)[O-])ccc3Cl)o2)C1=O. The Balaban J connectivity index is 1.90. The molecule has 0 spiro atoms. The molecule has 2 aromatic rings. The molecule has 1 aliphatic rings. The second-order valence-electron chi connectivity index (χ2n) is 5.63. The highest BCUT2D eigenvalue weighted by Gasteiger charge is 2.32. The number of hydrogen-bond donors (Lipinski definition) is 1. The van der Waals surface area contributed by atoms with Crippen molar-refractivity contribution in [1.82, 2.24) is 10.2 Å². The first-order valence-electron chi connectivity index (χ1n) is 7.86. The zero-order valence-electron chi connectivity index (χ0n) is 13.7. The molecule has 0 unspecified atom stereocenters. The molecule has 3 amide bonds. The van der Waals surface area contributed by atoms with Gasteiger partial charge in [0.15, 0.2) is 0 Å². The molecule has 0 saturated carbocycles. The number of imide groups is 1. The molecule has 1 aromatic carbocycles. The molecule has 1 N–H and O–H groups in total. The number of hydrogen-bond acceptors (Lipinski definition) is 5. The van der Waals surface area contributed by atoms with E-state index in [1.165, 1.54) is 24.3 Å². The van der Waals surface area contributed by atoms with Gasteiger partial charge in [0.2, 0.25) is 0 Å². The summed E-state index contributed by atoms with van der Waals surface area (Å²) in [7, 11) is 0. The lowest BCUT2D eigenvalue weighted by atomic mass is 10.1. The third-order valence-electron chi connectivity index (χ3n) is 3.79. The van der Waals surface area contributed by atoms with Gasteiger partial charge in [-0.2, -0.15) is 0 Å². The van der Waals surface area contributed by atoms with Crippen LogP contribution < -0.4 is 10.4 Å². The Hall–Kier alpha value is -3.06. The lowest BCUT2D eigenvalue weighted by molar-refractivity contribution is -0.255. The van der Waals surface area contributed by atoms with Crippen LogP contribution in [0, 0.1) is 0 Å². The fourth-order valence-corrected chi connectivity index (χ4v) is 2.77. The quantitative estimate of drug-likeness (QED) is 0.639. The number of rotatable bonds is 5. The number of benzene rings is 1. The number of urea groups is 1. The first-order chi connectivity index (χ1) is 12.4. The maximum atomic E-state index is 12.2. The molecule has 1 saturated heterocycles. The number of carboxylic acids is 1. The molecule has 0 atom stereocenters. The first kappa shape index (κ1) is 17.8. The second-order valence-corrected chi connectivity index (χ2v) is 6.04. The number of nitrogens with one attached hydrogen (secondary N) is 1. The van der Waals surface area contributed by atoms with Crippen LogP contribution in [0.15, 0.2) is 40.4 Å². The van der Waals surface area contributed by atoms with Gasteiger partial charge >= 0.3 is 6.03 Å². The largest absolute Gasteiger partial charge is 0.545 e. The van der Waals surface area contributed by atoms with Gasteiger partial charge in [0.1, 0.15) is 17.2 Å². The zero-order valence-corrected chi connectivity index (χ0v) is 14.5. The predicted octanol–water partition coefficient (Wildman–Crippen LogP) is 2.27. The number of halogens is 1. The number of amides is 3. The van der Waals surface area contributed by atoms with Crippen molar-refractivity contribution >= 4 is 35.6 Å². The Labute approximate surface area is 153 Å². The summed E-state index contributed by atoms with van der Waals surface area (Å²) in [6.45, 7) is 2.20. The van der Waals surface area contributed by atoms with Crippen molar-refractivity contribution in [3.05, 3.63) is 52.4 Å². The van der Waals surface area contributed by atoms with Gasteiger partial charge in [-0.3, -0.25) is 9.69 Å². The number of carbonyl (C=O) groups excluding carboxylic acids is 3. The summed E-state index contributed by atoms with van der Waals surface area (Å²) in [6.07, 6.45) is 2.07. The molecule has 7 nitrogen and oxygen atoms in total. The molecule has 3 rings (SSSR count). The number of aromatic carboxylic acids is 1. The van der Waals surface area contributed by atoms with Crippen molar-refractivity contribution in [2.75, 3.05) is 6.54 Å². The summed E-state index contributed by atoms with van der Waals surface area (Å²) in [5, 5.41) is 13.8. The second kappa shape index (κ2) is 7.05. The van der Waals surface area contributed by atoms with Crippen molar-refractivity contribution in [1.29, 1.82) is 0 Å². The van der Waals surface area contributed by atoms with Gasteiger partial charge in [-0.15, -0.1) is 0 Å². The smallest absolute Gasteiger partial charge is 0.329 e. The summed E-state index contributed by atoms with van der Waals surface area (Å²) in [5.41, 5.74) is 0.459. The topological polar surface area (TPSA) is 103 Å². The van der Waals surface area contributed by atoms with E-state index in [9.17, 15) is 19.5 Å².